The Labute approximate surface area is 126 Å². The Hall–Kier alpha value is -1.68. The topological polar surface area (TPSA) is 29.9 Å². The fourth-order valence-electron chi connectivity index (χ4n) is 2.66. The Kier molecular flexibility index (Phi) is 4.78. The minimum atomic E-state index is -0.197. The lowest BCUT2D eigenvalue weighted by molar-refractivity contribution is 0.582. The summed E-state index contributed by atoms with van der Waals surface area (Å²) < 4.78 is 15.6. The molecule has 0 aliphatic carbocycles. The van der Waals surface area contributed by atoms with Crippen LogP contribution in [0.25, 0.3) is 11.1 Å². The number of nitrogens with zero attached hydrogens (tertiary/aromatic N) is 2. The lowest BCUT2D eigenvalue weighted by Crippen LogP contribution is -2.22. The summed E-state index contributed by atoms with van der Waals surface area (Å²) in [5.74, 6) is -0.197. The van der Waals surface area contributed by atoms with Crippen molar-refractivity contribution >= 4 is 0 Å². The van der Waals surface area contributed by atoms with Gasteiger partial charge >= 0.3 is 0 Å². The first-order valence-electron chi connectivity index (χ1n) is 7.50. The molecule has 0 aliphatic rings. The number of aromatic nitrogens is 2. The average molecular weight is 289 g/mol. The summed E-state index contributed by atoms with van der Waals surface area (Å²) in [5.41, 5.74) is 5.29. The van der Waals surface area contributed by atoms with Gasteiger partial charge in [-0.05, 0) is 44.0 Å². The van der Waals surface area contributed by atoms with Crippen molar-refractivity contribution in [3.8, 4) is 11.1 Å². The highest BCUT2D eigenvalue weighted by molar-refractivity contribution is 5.71. The van der Waals surface area contributed by atoms with Crippen molar-refractivity contribution in [2.24, 2.45) is 0 Å². The maximum Gasteiger partial charge on any atom is 0.123 e. The van der Waals surface area contributed by atoms with E-state index in [1.54, 1.807) is 6.07 Å². The third kappa shape index (κ3) is 3.32. The zero-order valence-electron chi connectivity index (χ0n) is 13.5. The van der Waals surface area contributed by atoms with Gasteiger partial charge in [0, 0.05) is 30.4 Å². The quantitative estimate of drug-likeness (QED) is 0.906. The molecule has 1 aromatic carbocycles. The van der Waals surface area contributed by atoms with Crippen molar-refractivity contribution in [3.63, 3.8) is 0 Å². The SMILES string of the molecule is CCn1nc(C)c(-c2ccc(F)cc2CNC(C)C)c1C. The number of halogens is 1. The molecule has 21 heavy (non-hydrogen) atoms. The average Bonchev–Trinajstić information content (AvgIpc) is 2.71. The number of nitrogens with one attached hydrogen (secondary N) is 1. The molecule has 4 heteroatoms. The van der Waals surface area contributed by atoms with E-state index in [1.165, 1.54) is 6.07 Å². The van der Waals surface area contributed by atoms with Crippen LogP contribution in [-0.2, 0) is 13.1 Å². The molecular formula is C17H24FN3. The van der Waals surface area contributed by atoms with Crippen LogP contribution in [0, 0.1) is 19.7 Å². The lowest BCUT2D eigenvalue weighted by atomic mass is 9.97. The molecule has 1 heterocycles. The molecule has 114 valence electrons. The van der Waals surface area contributed by atoms with Gasteiger partial charge in [0.15, 0.2) is 0 Å². The first kappa shape index (κ1) is 15.7. The van der Waals surface area contributed by atoms with E-state index in [2.05, 4.69) is 38.1 Å². The van der Waals surface area contributed by atoms with Crippen LogP contribution >= 0.6 is 0 Å². The van der Waals surface area contributed by atoms with Gasteiger partial charge in [0.2, 0.25) is 0 Å². The summed E-state index contributed by atoms with van der Waals surface area (Å²) in [4.78, 5) is 0. The highest BCUT2D eigenvalue weighted by Gasteiger charge is 2.16. The van der Waals surface area contributed by atoms with Crippen LogP contribution in [0.4, 0.5) is 4.39 Å². The second-order valence-corrected chi connectivity index (χ2v) is 5.70. The summed E-state index contributed by atoms with van der Waals surface area (Å²) in [6.07, 6.45) is 0. The van der Waals surface area contributed by atoms with Gasteiger partial charge in [-0.1, -0.05) is 19.9 Å². The Morgan fingerprint density at radius 2 is 2.00 bits per heavy atom. The standard InChI is InChI=1S/C17H24FN3/c1-6-21-13(5)17(12(4)20-21)16-8-7-15(18)9-14(16)10-19-11(2)3/h7-9,11,19H,6,10H2,1-5H3. The van der Waals surface area contributed by atoms with Gasteiger partial charge < -0.3 is 5.32 Å². The van der Waals surface area contributed by atoms with Crippen LogP contribution in [0.5, 0.6) is 0 Å². The summed E-state index contributed by atoms with van der Waals surface area (Å²) in [6, 6.07) is 5.37. The van der Waals surface area contributed by atoms with Crippen molar-refractivity contribution in [2.45, 2.75) is 53.8 Å². The number of aryl methyl sites for hydroxylation is 2. The third-order valence-corrected chi connectivity index (χ3v) is 3.72. The highest BCUT2D eigenvalue weighted by atomic mass is 19.1. The first-order chi connectivity index (χ1) is 9.93. The molecule has 0 saturated heterocycles. The van der Waals surface area contributed by atoms with E-state index in [0.29, 0.717) is 12.6 Å². The third-order valence-electron chi connectivity index (χ3n) is 3.72. The van der Waals surface area contributed by atoms with Crippen molar-refractivity contribution in [2.75, 3.05) is 0 Å². The van der Waals surface area contributed by atoms with E-state index >= 15 is 0 Å². The Morgan fingerprint density at radius 1 is 1.29 bits per heavy atom. The Morgan fingerprint density at radius 3 is 2.57 bits per heavy atom. The van der Waals surface area contributed by atoms with E-state index in [4.69, 9.17) is 0 Å². The molecule has 0 saturated carbocycles. The molecule has 0 atom stereocenters. The smallest absolute Gasteiger partial charge is 0.123 e. The maximum absolute atomic E-state index is 13.6. The number of hydrogen-bond acceptors (Lipinski definition) is 2. The van der Waals surface area contributed by atoms with Crippen molar-refractivity contribution in [1.29, 1.82) is 0 Å². The number of benzene rings is 1. The number of hydrogen-bond donors (Lipinski definition) is 1. The molecule has 2 rings (SSSR count). The molecule has 0 aliphatic heterocycles. The zero-order chi connectivity index (χ0) is 15.6. The molecule has 0 radical (unpaired) electrons. The summed E-state index contributed by atoms with van der Waals surface area (Å²) >= 11 is 0. The minimum absolute atomic E-state index is 0.197. The molecular weight excluding hydrogens is 265 g/mol. The molecule has 1 N–H and O–H groups in total. The van der Waals surface area contributed by atoms with E-state index in [9.17, 15) is 4.39 Å². The van der Waals surface area contributed by atoms with E-state index in [0.717, 1.165) is 34.6 Å². The normalized spacial score (nSPS) is 11.4. The molecule has 2 aromatic rings. The second kappa shape index (κ2) is 6.39. The summed E-state index contributed by atoms with van der Waals surface area (Å²) in [5, 5.41) is 7.93. The van der Waals surface area contributed by atoms with Crippen LogP contribution in [0.2, 0.25) is 0 Å². The predicted molar refractivity (Wildman–Crippen MR) is 84.7 cm³/mol. The Balaban J connectivity index is 2.50. The van der Waals surface area contributed by atoms with Crippen LogP contribution in [0.1, 0.15) is 37.7 Å². The van der Waals surface area contributed by atoms with Gasteiger partial charge in [0.1, 0.15) is 5.82 Å². The largest absolute Gasteiger partial charge is 0.310 e. The number of rotatable bonds is 5. The van der Waals surface area contributed by atoms with Crippen molar-refractivity contribution in [3.05, 3.63) is 41.0 Å². The molecule has 0 unspecified atom stereocenters. The molecule has 1 aromatic heterocycles. The van der Waals surface area contributed by atoms with Crippen molar-refractivity contribution < 1.29 is 4.39 Å². The van der Waals surface area contributed by atoms with Gasteiger partial charge in [-0.2, -0.15) is 5.10 Å². The summed E-state index contributed by atoms with van der Waals surface area (Å²) in [6.45, 7) is 11.8. The minimum Gasteiger partial charge on any atom is -0.310 e. The van der Waals surface area contributed by atoms with Crippen molar-refractivity contribution in [1.82, 2.24) is 15.1 Å². The van der Waals surface area contributed by atoms with Gasteiger partial charge in [0.05, 0.1) is 5.69 Å². The van der Waals surface area contributed by atoms with Gasteiger partial charge in [0.25, 0.3) is 0 Å². The molecule has 0 fully saturated rings. The predicted octanol–water partition coefficient (Wildman–Crippen LogP) is 3.82. The Bertz CT molecular complexity index is 629. The van der Waals surface area contributed by atoms with E-state index in [1.807, 2.05) is 17.7 Å². The van der Waals surface area contributed by atoms with Gasteiger partial charge in [-0.25, -0.2) is 4.39 Å². The second-order valence-electron chi connectivity index (χ2n) is 5.70. The van der Waals surface area contributed by atoms with E-state index < -0.39 is 0 Å². The summed E-state index contributed by atoms with van der Waals surface area (Å²) in [7, 11) is 0. The van der Waals surface area contributed by atoms with E-state index in [-0.39, 0.29) is 5.82 Å². The fraction of sp³-hybridized carbons (Fsp3) is 0.471. The van der Waals surface area contributed by atoms with Crippen LogP contribution in [-0.4, -0.2) is 15.8 Å². The van der Waals surface area contributed by atoms with Gasteiger partial charge in [-0.3, -0.25) is 4.68 Å². The molecule has 0 amide bonds. The van der Waals surface area contributed by atoms with Gasteiger partial charge in [-0.15, -0.1) is 0 Å². The van der Waals surface area contributed by atoms with Crippen LogP contribution in [0.3, 0.4) is 0 Å². The maximum atomic E-state index is 13.6. The van der Waals surface area contributed by atoms with Crippen LogP contribution < -0.4 is 5.32 Å². The molecule has 0 spiro atoms. The highest BCUT2D eigenvalue weighted by Crippen LogP contribution is 2.30. The lowest BCUT2D eigenvalue weighted by Gasteiger charge is -2.13. The fourth-order valence-corrected chi connectivity index (χ4v) is 2.66. The molecule has 3 nitrogen and oxygen atoms in total. The zero-order valence-corrected chi connectivity index (χ0v) is 13.5. The monoisotopic (exact) mass is 289 g/mol. The first-order valence-corrected chi connectivity index (χ1v) is 7.50. The van der Waals surface area contributed by atoms with Crippen LogP contribution in [0.15, 0.2) is 18.2 Å². The molecule has 0 bridgehead atoms.